The number of halogens is 1. The van der Waals surface area contributed by atoms with Gasteiger partial charge in [0.25, 0.3) is 0 Å². The molecule has 0 bridgehead atoms. The molecule has 0 heterocycles. The second-order valence-electron chi connectivity index (χ2n) is 12.1. The van der Waals surface area contributed by atoms with Gasteiger partial charge in [0.05, 0.1) is 19.3 Å². The molecule has 1 aliphatic carbocycles. The Balaban J connectivity index is 1.75. The summed E-state index contributed by atoms with van der Waals surface area (Å²) in [6.45, 7) is 3.68. The molecule has 3 atom stereocenters. The summed E-state index contributed by atoms with van der Waals surface area (Å²) >= 11 is 6.05. The van der Waals surface area contributed by atoms with Crippen LogP contribution in [-0.2, 0) is 41.0 Å². The quantitative estimate of drug-likeness (QED) is 0.141. The molecule has 0 spiro atoms. The lowest BCUT2D eigenvalue weighted by Crippen LogP contribution is -2.53. The largest absolute Gasteiger partial charge is 0.445 e. The van der Waals surface area contributed by atoms with Gasteiger partial charge in [-0.3, -0.25) is 14.2 Å². The predicted octanol–water partition coefficient (Wildman–Crippen LogP) is 6.46. The Morgan fingerprint density at radius 3 is 2.29 bits per heavy atom. The van der Waals surface area contributed by atoms with Crippen molar-refractivity contribution in [3.63, 3.8) is 0 Å². The zero-order chi connectivity index (χ0) is 34.9. The van der Waals surface area contributed by atoms with Crippen molar-refractivity contribution in [1.29, 1.82) is 0 Å². The third-order valence-corrected chi connectivity index (χ3v) is 10.9. The average molecular weight is 708 g/mol. The minimum absolute atomic E-state index is 0.000482. The van der Waals surface area contributed by atoms with Crippen molar-refractivity contribution in [2.75, 3.05) is 26.8 Å². The summed E-state index contributed by atoms with van der Waals surface area (Å²) in [7, 11) is -2.41. The van der Waals surface area contributed by atoms with Crippen molar-refractivity contribution in [2.45, 2.75) is 96.2 Å². The zero-order valence-corrected chi connectivity index (χ0v) is 29.9. The molecule has 13 heteroatoms. The number of hydrogen-bond acceptors (Lipinski definition) is 8. The highest BCUT2D eigenvalue weighted by Crippen LogP contribution is 2.53. The molecule has 1 aliphatic rings. The van der Waals surface area contributed by atoms with E-state index in [1.807, 2.05) is 30.3 Å². The van der Waals surface area contributed by atoms with E-state index < -0.39 is 37.5 Å². The van der Waals surface area contributed by atoms with Gasteiger partial charge in [0.2, 0.25) is 11.8 Å². The third kappa shape index (κ3) is 13.2. The number of carbonyl (C=O) groups excluding carboxylic acids is 3. The number of nitrogens with one attached hydrogen (secondary N) is 2. The van der Waals surface area contributed by atoms with Crippen LogP contribution in [0.25, 0.3) is 0 Å². The normalized spacial score (nSPS) is 15.6. The summed E-state index contributed by atoms with van der Waals surface area (Å²) in [4.78, 5) is 41.6. The minimum atomic E-state index is -4.11. The van der Waals surface area contributed by atoms with Gasteiger partial charge in [0, 0.05) is 25.0 Å². The fraction of sp³-hybridized carbons (Fsp3) is 0.571. The van der Waals surface area contributed by atoms with Crippen molar-refractivity contribution in [1.82, 2.24) is 15.5 Å². The number of amides is 3. The van der Waals surface area contributed by atoms with E-state index in [0.29, 0.717) is 30.0 Å². The van der Waals surface area contributed by atoms with Gasteiger partial charge < -0.3 is 34.4 Å². The molecule has 48 heavy (non-hydrogen) atoms. The molecule has 3 rings (SSSR count). The molecule has 1 unspecified atom stereocenters. The molecule has 3 N–H and O–H groups in total. The lowest BCUT2D eigenvalue weighted by atomic mass is 9.84. The Labute approximate surface area is 289 Å². The maximum Gasteiger partial charge on any atom is 0.408 e. The summed E-state index contributed by atoms with van der Waals surface area (Å²) in [6.07, 6.45) is 5.17. The molecule has 0 saturated heterocycles. The molecule has 266 valence electrons. The Kier molecular flexibility index (Phi) is 16.9. The van der Waals surface area contributed by atoms with Crippen LogP contribution in [0.1, 0.15) is 76.3 Å². The maximum atomic E-state index is 13.9. The second-order valence-corrected chi connectivity index (χ2v) is 14.7. The number of benzene rings is 2. The fourth-order valence-corrected chi connectivity index (χ4v) is 7.81. The van der Waals surface area contributed by atoms with Crippen LogP contribution in [0.2, 0.25) is 5.02 Å². The average Bonchev–Trinajstić information content (AvgIpc) is 3.08. The minimum Gasteiger partial charge on any atom is -0.445 e. The monoisotopic (exact) mass is 707 g/mol. The van der Waals surface area contributed by atoms with Crippen LogP contribution < -0.4 is 10.6 Å². The number of aliphatic hydroxyl groups is 1. The fourth-order valence-electron chi connectivity index (χ4n) is 5.83. The molecule has 1 fully saturated rings. The topological polar surface area (TPSA) is 144 Å². The smallest absolute Gasteiger partial charge is 0.408 e. The van der Waals surface area contributed by atoms with Crippen molar-refractivity contribution in [3.05, 3.63) is 70.7 Å². The highest BCUT2D eigenvalue weighted by Gasteiger charge is 2.42. The van der Waals surface area contributed by atoms with Gasteiger partial charge in [0.1, 0.15) is 12.6 Å². The van der Waals surface area contributed by atoms with Gasteiger partial charge in [-0.25, -0.2) is 4.79 Å². The number of alkyl carbamates (subject to hydrolysis) is 1. The summed E-state index contributed by atoms with van der Waals surface area (Å²) in [5.74, 6) is -2.35. The van der Waals surface area contributed by atoms with Gasteiger partial charge in [0.15, 0.2) is 5.85 Å². The van der Waals surface area contributed by atoms with Crippen LogP contribution in [0.3, 0.4) is 0 Å². The summed E-state index contributed by atoms with van der Waals surface area (Å²) in [5.41, 5.74) is 1.78. The van der Waals surface area contributed by atoms with Crippen LogP contribution in [-0.4, -0.2) is 72.6 Å². The van der Waals surface area contributed by atoms with Crippen molar-refractivity contribution in [2.24, 2.45) is 5.92 Å². The standard InChI is InChI=1S/C35H51ClN3O8P/c1-4-46-48(44,47-5-2)34(42)30(19-20-32(40)39(3)22-21-26-13-8-6-9-14-26)37-33(41)31(24-27-15-10-7-11-16-27)38-35(43)45-25-28-17-12-18-29(36)23-28/h6,8-9,12-14,17-18,23,27,30-31,34,42H,4-5,7,10-11,15-16,19-22,24-25H2,1-3H3,(H,37,41)(H,38,43)/t30-,31-,34?/m0/s1. The highest BCUT2D eigenvalue weighted by atomic mass is 35.5. The van der Waals surface area contributed by atoms with E-state index in [-0.39, 0.29) is 44.5 Å². The summed E-state index contributed by atoms with van der Waals surface area (Å²) in [5, 5.41) is 17.4. The van der Waals surface area contributed by atoms with E-state index in [9.17, 15) is 24.1 Å². The van der Waals surface area contributed by atoms with Gasteiger partial charge in [-0.15, -0.1) is 0 Å². The van der Waals surface area contributed by atoms with Crippen molar-refractivity contribution < 1.29 is 37.8 Å². The Hall–Kier alpha value is -2.95. The van der Waals surface area contributed by atoms with Gasteiger partial charge in [-0.1, -0.05) is 86.2 Å². The molecular formula is C35H51ClN3O8P. The number of aliphatic hydroxyl groups excluding tert-OH is 1. The molecule has 2 aromatic rings. The first kappa shape index (κ1) is 39.5. The number of carbonyl (C=O) groups is 3. The third-order valence-electron chi connectivity index (χ3n) is 8.46. The van der Waals surface area contributed by atoms with Crippen molar-refractivity contribution >= 4 is 37.1 Å². The van der Waals surface area contributed by atoms with Crippen LogP contribution in [0.5, 0.6) is 0 Å². The molecule has 0 aromatic heterocycles. The highest BCUT2D eigenvalue weighted by molar-refractivity contribution is 7.54. The molecule has 11 nitrogen and oxygen atoms in total. The van der Waals surface area contributed by atoms with Crippen LogP contribution in [0, 0.1) is 5.92 Å². The second kappa shape index (κ2) is 20.5. The van der Waals surface area contributed by atoms with Gasteiger partial charge in [-0.05, 0) is 62.3 Å². The molecule has 0 aliphatic heterocycles. The first-order valence-electron chi connectivity index (χ1n) is 16.9. The number of nitrogens with zero attached hydrogens (tertiary/aromatic N) is 1. The van der Waals surface area contributed by atoms with E-state index in [0.717, 1.165) is 37.7 Å². The molecule has 0 radical (unpaired) electrons. The first-order valence-corrected chi connectivity index (χ1v) is 18.9. The molecule has 1 saturated carbocycles. The number of rotatable bonds is 19. The maximum absolute atomic E-state index is 13.9. The first-order chi connectivity index (χ1) is 23.0. The van der Waals surface area contributed by atoms with E-state index in [1.54, 1.807) is 50.1 Å². The predicted molar refractivity (Wildman–Crippen MR) is 186 cm³/mol. The van der Waals surface area contributed by atoms with Gasteiger partial charge >= 0.3 is 13.7 Å². The van der Waals surface area contributed by atoms with Crippen molar-refractivity contribution in [3.8, 4) is 0 Å². The number of likely N-dealkylation sites (N-methyl/N-ethyl adjacent to an activating group) is 1. The van der Waals surface area contributed by atoms with Crippen LogP contribution in [0.4, 0.5) is 4.79 Å². The van der Waals surface area contributed by atoms with E-state index in [2.05, 4.69) is 10.6 Å². The lowest BCUT2D eigenvalue weighted by Gasteiger charge is -2.32. The molecule has 2 aromatic carbocycles. The van der Waals surface area contributed by atoms with Crippen LogP contribution in [0.15, 0.2) is 54.6 Å². The molecule has 3 amide bonds. The van der Waals surface area contributed by atoms with Crippen LogP contribution >= 0.6 is 19.2 Å². The molecular weight excluding hydrogens is 657 g/mol. The van der Waals surface area contributed by atoms with E-state index in [4.69, 9.17) is 25.4 Å². The lowest BCUT2D eigenvalue weighted by molar-refractivity contribution is -0.131. The Morgan fingerprint density at radius 2 is 1.65 bits per heavy atom. The Bertz CT molecular complexity index is 1330. The van der Waals surface area contributed by atoms with E-state index in [1.165, 1.54) is 0 Å². The SMILES string of the molecule is CCOP(=O)(OCC)C(O)[C@H](CCC(=O)N(C)CCc1ccccc1)NC(=O)[C@H](CC1CCCCC1)NC(=O)OCc1cccc(Cl)c1. The summed E-state index contributed by atoms with van der Waals surface area (Å²) in [6, 6.07) is 14.5. The number of ether oxygens (including phenoxy) is 1. The van der Waals surface area contributed by atoms with E-state index >= 15 is 0 Å². The number of hydrogen-bond donors (Lipinski definition) is 3. The zero-order valence-electron chi connectivity index (χ0n) is 28.3. The Morgan fingerprint density at radius 1 is 0.979 bits per heavy atom. The van der Waals surface area contributed by atoms with Gasteiger partial charge in [-0.2, -0.15) is 0 Å². The summed E-state index contributed by atoms with van der Waals surface area (Å²) < 4.78 is 29.9.